The van der Waals surface area contributed by atoms with Gasteiger partial charge in [-0.15, -0.1) is 0 Å². The molecule has 2 amide bonds. The molecule has 1 aromatic heterocycles. The van der Waals surface area contributed by atoms with Crippen molar-refractivity contribution in [1.29, 1.82) is 0 Å². The molecule has 8 nitrogen and oxygen atoms in total. The van der Waals surface area contributed by atoms with E-state index < -0.39 is 12.1 Å². The molecule has 1 aliphatic heterocycles. The number of piperazine rings is 1. The maximum absolute atomic E-state index is 13.0. The van der Waals surface area contributed by atoms with Gasteiger partial charge in [0.15, 0.2) is 0 Å². The fourth-order valence-corrected chi connectivity index (χ4v) is 3.98. The summed E-state index contributed by atoms with van der Waals surface area (Å²) in [5.41, 5.74) is 8.47. The Morgan fingerprint density at radius 3 is 2.68 bits per heavy atom. The lowest BCUT2D eigenvalue weighted by molar-refractivity contribution is -0.143. The molecule has 0 bridgehead atoms. The van der Waals surface area contributed by atoms with Crippen LogP contribution in [0.15, 0.2) is 54.9 Å². The minimum Gasteiger partial charge on any atom is -0.445 e. The number of fused-ring (bicyclic) bond motifs is 1. The number of aromatic nitrogens is 2. The fourth-order valence-electron chi connectivity index (χ4n) is 3.98. The Balaban J connectivity index is 1.43. The van der Waals surface area contributed by atoms with Crippen LogP contribution in [0.5, 0.6) is 0 Å². The van der Waals surface area contributed by atoms with Gasteiger partial charge in [-0.25, -0.2) is 14.8 Å². The van der Waals surface area contributed by atoms with Crippen molar-refractivity contribution in [2.45, 2.75) is 39.1 Å². The van der Waals surface area contributed by atoms with Crippen molar-refractivity contribution < 1.29 is 14.3 Å². The first-order valence-electron chi connectivity index (χ1n) is 10.2. The van der Waals surface area contributed by atoms with Crippen molar-refractivity contribution in [3.05, 3.63) is 66.0 Å². The zero-order valence-electron chi connectivity index (χ0n) is 17.6. The topological polar surface area (TPSA) is 102 Å². The molecule has 1 saturated heterocycles. The van der Waals surface area contributed by atoms with Crippen LogP contribution in [0.4, 0.5) is 10.6 Å². The molecule has 8 heteroatoms. The van der Waals surface area contributed by atoms with E-state index in [0.29, 0.717) is 18.9 Å². The number of amides is 2. The van der Waals surface area contributed by atoms with Crippen LogP contribution in [0.2, 0.25) is 0 Å². The van der Waals surface area contributed by atoms with E-state index in [0.717, 1.165) is 22.0 Å². The number of ether oxygens (including phenoxy) is 1. The second-order valence-electron chi connectivity index (χ2n) is 7.80. The Labute approximate surface area is 180 Å². The predicted molar refractivity (Wildman–Crippen MR) is 117 cm³/mol. The molecule has 31 heavy (non-hydrogen) atoms. The summed E-state index contributed by atoms with van der Waals surface area (Å²) in [7, 11) is 0. The van der Waals surface area contributed by atoms with Gasteiger partial charge in [-0.05, 0) is 37.1 Å². The number of carbonyl (C=O) groups is 2. The summed E-state index contributed by atoms with van der Waals surface area (Å²) < 4.78 is 5.46. The minimum atomic E-state index is -0.606. The third-order valence-corrected chi connectivity index (χ3v) is 5.57. The highest BCUT2D eigenvalue weighted by atomic mass is 16.6. The number of nitrogens with two attached hydrogens (primary N) is 1. The molecular formula is C23H25N5O3. The Bertz CT molecular complexity index is 1100. The first-order chi connectivity index (χ1) is 14.9. The molecule has 1 fully saturated rings. The highest BCUT2D eigenvalue weighted by Gasteiger charge is 2.39. The monoisotopic (exact) mass is 419 g/mol. The van der Waals surface area contributed by atoms with E-state index in [9.17, 15) is 9.59 Å². The van der Waals surface area contributed by atoms with E-state index in [2.05, 4.69) is 9.97 Å². The number of hydrogen-bond acceptors (Lipinski definition) is 6. The average Bonchev–Trinajstić information content (AvgIpc) is 2.77. The number of nitrogen functional groups attached to an aromatic ring is 1. The smallest absolute Gasteiger partial charge is 0.411 e. The third kappa shape index (κ3) is 4.28. The van der Waals surface area contributed by atoms with Crippen molar-refractivity contribution in [2.75, 3.05) is 12.3 Å². The van der Waals surface area contributed by atoms with Crippen molar-refractivity contribution >= 4 is 28.7 Å². The van der Waals surface area contributed by atoms with E-state index in [1.54, 1.807) is 11.8 Å². The summed E-state index contributed by atoms with van der Waals surface area (Å²) in [5.74, 6) is 0.314. The quantitative estimate of drug-likeness (QED) is 0.698. The van der Waals surface area contributed by atoms with Gasteiger partial charge in [-0.3, -0.25) is 9.69 Å². The zero-order valence-corrected chi connectivity index (χ0v) is 17.6. The Kier molecular flexibility index (Phi) is 5.70. The highest BCUT2D eigenvalue weighted by Crippen LogP contribution is 2.23. The molecule has 0 spiro atoms. The minimum absolute atomic E-state index is 0.114. The molecule has 0 saturated carbocycles. The number of carbonyl (C=O) groups excluding carboxylic acids is 2. The summed E-state index contributed by atoms with van der Waals surface area (Å²) in [6.07, 6.45) is 0.950. The third-order valence-electron chi connectivity index (χ3n) is 5.57. The maximum Gasteiger partial charge on any atom is 0.411 e. The number of rotatable bonds is 4. The Morgan fingerprint density at radius 2 is 1.90 bits per heavy atom. The van der Waals surface area contributed by atoms with Crippen LogP contribution in [0, 0.1) is 0 Å². The van der Waals surface area contributed by atoms with Gasteiger partial charge in [0.05, 0.1) is 11.6 Å². The van der Waals surface area contributed by atoms with E-state index in [1.807, 2.05) is 55.5 Å². The molecule has 0 aliphatic carbocycles. The van der Waals surface area contributed by atoms with E-state index >= 15 is 0 Å². The molecule has 2 heterocycles. The molecule has 0 unspecified atom stereocenters. The van der Waals surface area contributed by atoms with Gasteiger partial charge in [0.1, 0.15) is 24.8 Å². The van der Waals surface area contributed by atoms with Gasteiger partial charge < -0.3 is 15.4 Å². The van der Waals surface area contributed by atoms with Crippen LogP contribution in [-0.4, -0.2) is 50.4 Å². The first-order valence-corrected chi connectivity index (χ1v) is 10.2. The summed E-state index contributed by atoms with van der Waals surface area (Å²) in [6, 6.07) is 14.4. The van der Waals surface area contributed by atoms with Crippen molar-refractivity contribution in [3.8, 4) is 0 Å². The van der Waals surface area contributed by atoms with Crippen LogP contribution in [0.3, 0.4) is 0 Å². The van der Waals surface area contributed by atoms with Gasteiger partial charge in [-0.2, -0.15) is 0 Å². The summed E-state index contributed by atoms with van der Waals surface area (Å²) >= 11 is 0. The summed E-state index contributed by atoms with van der Waals surface area (Å²) in [6.45, 7) is 4.69. The van der Waals surface area contributed by atoms with Crippen LogP contribution >= 0.6 is 0 Å². The number of anilines is 1. The molecule has 2 aromatic carbocycles. The highest BCUT2D eigenvalue weighted by molar-refractivity contribution is 5.89. The molecule has 160 valence electrons. The lowest BCUT2D eigenvalue weighted by Gasteiger charge is -2.43. The lowest BCUT2D eigenvalue weighted by Crippen LogP contribution is -2.61. The summed E-state index contributed by atoms with van der Waals surface area (Å²) in [4.78, 5) is 37.2. The number of hydrogen-bond donors (Lipinski definition) is 1. The first kappa shape index (κ1) is 20.6. The van der Waals surface area contributed by atoms with Crippen LogP contribution < -0.4 is 5.73 Å². The molecule has 0 radical (unpaired) electrons. The Hall–Kier alpha value is -3.68. The van der Waals surface area contributed by atoms with E-state index in [4.69, 9.17) is 10.5 Å². The van der Waals surface area contributed by atoms with E-state index in [-0.39, 0.29) is 18.6 Å². The molecule has 4 rings (SSSR count). The fraction of sp³-hybridized carbons (Fsp3) is 0.304. The van der Waals surface area contributed by atoms with Crippen LogP contribution in [0.1, 0.15) is 25.0 Å². The average molecular weight is 419 g/mol. The van der Waals surface area contributed by atoms with Gasteiger partial charge in [-0.1, -0.05) is 36.4 Å². The molecular weight excluding hydrogens is 394 g/mol. The molecule has 2 atom stereocenters. The molecule has 3 aromatic rings. The van der Waals surface area contributed by atoms with Gasteiger partial charge in [0.2, 0.25) is 5.91 Å². The SMILES string of the molecule is C[C@H]1CN(Cc2ccc3c(N)ncnc3c2)C(=O)[C@H](C)N1C(=O)OCc1ccccc1. The van der Waals surface area contributed by atoms with Gasteiger partial charge >= 0.3 is 6.09 Å². The normalized spacial score (nSPS) is 19.0. The zero-order chi connectivity index (χ0) is 22.0. The molecule has 1 aliphatic rings. The van der Waals surface area contributed by atoms with Gasteiger partial charge in [0.25, 0.3) is 0 Å². The maximum atomic E-state index is 13.0. The molecule has 2 N–H and O–H groups in total. The number of nitrogens with zero attached hydrogens (tertiary/aromatic N) is 4. The largest absolute Gasteiger partial charge is 0.445 e. The van der Waals surface area contributed by atoms with Gasteiger partial charge in [0, 0.05) is 18.5 Å². The van der Waals surface area contributed by atoms with Crippen LogP contribution in [-0.2, 0) is 22.7 Å². The lowest BCUT2D eigenvalue weighted by atomic mass is 10.1. The standard InChI is InChI=1S/C23H25N5O3/c1-15-11-27(12-18-8-9-19-20(10-18)25-14-26-21(19)24)22(29)16(2)28(15)23(30)31-13-17-6-4-3-5-7-17/h3-10,14-16H,11-13H2,1-2H3,(H2,24,25,26)/t15-,16-/m0/s1. The van der Waals surface area contributed by atoms with Crippen molar-refractivity contribution in [2.24, 2.45) is 0 Å². The van der Waals surface area contributed by atoms with E-state index in [1.165, 1.54) is 11.2 Å². The summed E-state index contributed by atoms with van der Waals surface area (Å²) in [5, 5.41) is 0.783. The van der Waals surface area contributed by atoms with Crippen LogP contribution in [0.25, 0.3) is 10.9 Å². The predicted octanol–water partition coefficient (Wildman–Crippen LogP) is 2.97. The second kappa shape index (κ2) is 8.59. The second-order valence-corrected chi connectivity index (χ2v) is 7.80. The Morgan fingerprint density at radius 1 is 1.13 bits per heavy atom. The van der Waals surface area contributed by atoms with Crippen molar-refractivity contribution in [3.63, 3.8) is 0 Å². The number of benzene rings is 2. The van der Waals surface area contributed by atoms with Crippen molar-refractivity contribution in [1.82, 2.24) is 19.8 Å².